The number of carbonyl (C=O) groups excluding carboxylic acids is 1. The number of aromatic nitrogens is 1. The Bertz CT molecular complexity index is 617. The maximum Gasteiger partial charge on any atom is 0.226 e. The first kappa shape index (κ1) is 13.5. The van der Waals surface area contributed by atoms with E-state index in [4.69, 9.17) is 4.74 Å². The van der Waals surface area contributed by atoms with Gasteiger partial charge in [-0.3, -0.25) is 4.79 Å². The Morgan fingerprint density at radius 2 is 2.45 bits per heavy atom. The van der Waals surface area contributed by atoms with Crippen LogP contribution in [0.4, 0.5) is 5.13 Å². The molecule has 2 aromatic rings. The number of carbonyl (C=O) groups is 1. The zero-order valence-electron chi connectivity index (χ0n) is 11.5. The number of benzene rings is 1. The number of ether oxygens (including phenoxy) is 1. The predicted octanol–water partition coefficient (Wildman–Crippen LogP) is 3.50. The van der Waals surface area contributed by atoms with Gasteiger partial charge in [0.05, 0.1) is 16.3 Å². The average Bonchev–Trinajstić information content (AvgIpc) is 3.04. The molecule has 0 unspecified atom stereocenters. The zero-order chi connectivity index (χ0) is 13.9. The number of anilines is 1. The molecule has 1 N–H and O–H groups in total. The van der Waals surface area contributed by atoms with Crippen LogP contribution in [0.2, 0.25) is 0 Å². The number of thiazole rings is 1. The van der Waals surface area contributed by atoms with Crippen LogP contribution >= 0.6 is 11.3 Å². The van der Waals surface area contributed by atoms with Crippen molar-refractivity contribution in [2.24, 2.45) is 0 Å². The molecule has 1 saturated heterocycles. The topological polar surface area (TPSA) is 51.2 Å². The number of amides is 1. The van der Waals surface area contributed by atoms with Crippen molar-refractivity contribution in [1.82, 2.24) is 4.98 Å². The lowest BCUT2D eigenvalue weighted by Crippen LogP contribution is -2.15. The lowest BCUT2D eigenvalue weighted by atomic mass is 10.1. The van der Waals surface area contributed by atoms with Gasteiger partial charge in [0.2, 0.25) is 5.91 Å². The Labute approximate surface area is 122 Å². The minimum Gasteiger partial charge on any atom is -0.378 e. The molecule has 0 radical (unpaired) electrons. The van der Waals surface area contributed by atoms with Crippen molar-refractivity contribution in [3.63, 3.8) is 0 Å². The maximum atomic E-state index is 11.9. The molecule has 106 valence electrons. The molecule has 3 rings (SSSR count). The summed E-state index contributed by atoms with van der Waals surface area (Å²) in [7, 11) is 0. The number of aryl methyl sites for hydroxylation is 1. The quantitative estimate of drug-likeness (QED) is 0.937. The molecular formula is C15H18N2O2S. The van der Waals surface area contributed by atoms with Gasteiger partial charge in [0.1, 0.15) is 0 Å². The van der Waals surface area contributed by atoms with Crippen LogP contribution in [-0.4, -0.2) is 23.6 Å². The van der Waals surface area contributed by atoms with Gasteiger partial charge in [-0.1, -0.05) is 17.4 Å². The summed E-state index contributed by atoms with van der Waals surface area (Å²) >= 11 is 1.52. The Hall–Kier alpha value is -1.46. The highest BCUT2D eigenvalue weighted by atomic mass is 32.1. The highest BCUT2D eigenvalue weighted by Gasteiger charge is 2.17. The Balaban J connectivity index is 1.59. The van der Waals surface area contributed by atoms with E-state index >= 15 is 0 Å². The van der Waals surface area contributed by atoms with Gasteiger partial charge in [0.25, 0.3) is 0 Å². The fraction of sp³-hybridized carbons (Fsp3) is 0.467. The number of hydrogen-bond acceptors (Lipinski definition) is 4. The number of nitrogens with one attached hydrogen (secondary N) is 1. The third-order valence-electron chi connectivity index (χ3n) is 3.51. The second-order valence-corrected chi connectivity index (χ2v) is 6.24. The molecular weight excluding hydrogens is 272 g/mol. The molecule has 1 aromatic heterocycles. The first-order valence-electron chi connectivity index (χ1n) is 6.99. The van der Waals surface area contributed by atoms with Crippen LogP contribution in [0.3, 0.4) is 0 Å². The van der Waals surface area contributed by atoms with Crippen LogP contribution in [0.25, 0.3) is 10.2 Å². The summed E-state index contributed by atoms with van der Waals surface area (Å²) in [6.45, 7) is 2.89. The number of nitrogens with zero attached hydrogens (tertiary/aromatic N) is 1. The Morgan fingerprint density at radius 1 is 1.55 bits per heavy atom. The summed E-state index contributed by atoms with van der Waals surface area (Å²) < 4.78 is 6.63. The van der Waals surface area contributed by atoms with Gasteiger partial charge in [-0.15, -0.1) is 0 Å². The van der Waals surface area contributed by atoms with E-state index in [-0.39, 0.29) is 12.0 Å². The zero-order valence-corrected chi connectivity index (χ0v) is 12.3. The number of hydrogen-bond donors (Lipinski definition) is 1. The van der Waals surface area contributed by atoms with E-state index in [2.05, 4.69) is 23.3 Å². The van der Waals surface area contributed by atoms with E-state index in [1.165, 1.54) is 16.9 Å². The minimum absolute atomic E-state index is 0.0243. The fourth-order valence-corrected chi connectivity index (χ4v) is 3.41. The van der Waals surface area contributed by atoms with Gasteiger partial charge in [0, 0.05) is 13.0 Å². The van der Waals surface area contributed by atoms with Crippen molar-refractivity contribution in [1.29, 1.82) is 0 Å². The van der Waals surface area contributed by atoms with Crippen molar-refractivity contribution in [2.75, 3.05) is 11.9 Å². The lowest BCUT2D eigenvalue weighted by Gasteiger charge is -2.07. The van der Waals surface area contributed by atoms with Crippen molar-refractivity contribution < 1.29 is 9.53 Å². The summed E-state index contributed by atoms with van der Waals surface area (Å²) in [5.74, 6) is 0.0243. The van der Waals surface area contributed by atoms with Gasteiger partial charge < -0.3 is 10.1 Å². The van der Waals surface area contributed by atoms with Crippen LogP contribution in [0.1, 0.15) is 31.2 Å². The Kier molecular flexibility index (Phi) is 3.98. The second kappa shape index (κ2) is 5.89. The molecule has 1 atom stereocenters. The largest absolute Gasteiger partial charge is 0.378 e. The molecule has 4 nitrogen and oxygen atoms in total. The summed E-state index contributed by atoms with van der Waals surface area (Å²) in [5.41, 5.74) is 2.15. The standard InChI is InChI=1S/C15H18N2O2S/c1-10-4-6-12-13(9-10)20-15(16-12)17-14(18)7-5-11-3-2-8-19-11/h4,6,9,11H,2-3,5,7-8H2,1H3,(H,16,17,18)/t11-/m1/s1. The van der Waals surface area contributed by atoms with Gasteiger partial charge in [-0.2, -0.15) is 0 Å². The van der Waals surface area contributed by atoms with E-state index < -0.39 is 0 Å². The first-order valence-corrected chi connectivity index (χ1v) is 7.81. The second-order valence-electron chi connectivity index (χ2n) is 5.21. The average molecular weight is 290 g/mol. The summed E-state index contributed by atoms with van der Waals surface area (Å²) in [6.07, 6.45) is 3.76. The highest BCUT2D eigenvalue weighted by Crippen LogP contribution is 2.27. The summed E-state index contributed by atoms with van der Waals surface area (Å²) in [4.78, 5) is 16.3. The smallest absolute Gasteiger partial charge is 0.226 e. The molecule has 1 fully saturated rings. The van der Waals surface area contributed by atoms with Crippen LogP contribution < -0.4 is 5.32 Å². The maximum absolute atomic E-state index is 11.9. The molecule has 0 aliphatic carbocycles. The normalized spacial score (nSPS) is 18.6. The van der Waals surface area contributed by atoms with Crippen LogP contribution in [-0.2, 0) is 9.53 Å². The van der Waals surface area contributed by atoms with E-state index in [0.717, 1.165) is 36.1 Å². The number of rotatable bonds is 4. The SMILES string of the molecule is Cc1ccc2nc(NC(=O)CC[C@H]3CCCO3)sc2c1. The van der Waals surface area contributed by atoms with Crippen molar-refractivity contribution in [3.05, 3.63) is 23.8 Å². The van der Waals surface area contributed by atoms with Crippen molar-refractivity contribution in [2.45, 2.75) is 38.7 Å². The van der Waals surface area contributed by atoms with E-state index in [1.54, 1.807) is 0 Å². The van der Waals surface area contributed by atoms with Crippen molar-refractivity contribution >= 4 is 32.6 Å². The molecule has 0 spiro atoms. The molecule has 5 heteroatoms. The van der Waals surface area contributed by atoms with Gasteiger partial charge >= 0.3 is 0 Å². The molecule has 0 bridgehead atoms. The third kappa shape index (κ3) is 3.16. The van der Waals surface area contributed by atoms with E-state index in [1.807, 2.05) is 12.1 Å². The predicted molar refractivity (Wildman–Crippen MR) is 81.2 cm³/mol. The first-order chi connectivity index (χ1) is 9.70. The van der Waals surface area contributed by atoms with Crippen LogP contribution in [0, 0.1) is 6.92 Å². The molecule has 1 aliphatic heterocycles. The monoisotopic (exact) mass is 290 g/mol. The molecule has 20 heavy (non-hydrogen) atoms. The van der Waals surface area contributed by atoms with Gasteiger partial charge in [0.15, 0.2) is 5.13 Å². The molecule has 1 aromatic carbocycles. The molecule has 0 saturated carbocycles. The Morgan fingerprint density at radius 3 is 3.25 bits per heavy atom. The lowest BCUT2D eigenvalue weighted by molar-refractivity contribution is -0.116. The highest BCUT2D eigenvalue weighted by molar-refractivity contribution is 7.22. The number of fused-ring (bicyclic) bond motifs is 1. The minimum atomic E-state index is 0.0243. The summed E-state index contributed by atoms with van der Waals surface area (Å²) in [6, 6.07) is 6.11. The van der Waals surface area contributed by atoms with Crippen molar-refractivity contribution in [3.8, 4) is 0 Å². The molecule has 1 aliphatic rings. The molecule has 1 amide bonds. The summed E-state index contributed by atoms with van der Waals surface area (Å²) in [5, 5.41) is 3.57. The fourth-order valence-electron chi connectivity index (χ4n) is 2.43. The van der Waals surface area contributed by atoms with E-state index in [9.17, 15) is 4.79 Å². The molecule has 2 heterocycles. The van der Waals surface area contributed by atoms with Gasteiger partial charge in [-0.05, 0) is 43.9 Å². The van der Waals surface area contributed by atoms with Gasteiger partial charge in [-0.25, -0.2) is 4.98 Å². The third-order valence-corrected chi connectivity index (χ3v) is 4.44. The van der Waals surface area contributed by atoms with Crippen LogP contribution in [0.15, 0.2) is 18.2 Å². The van der Waals surface area contributed by atoms with Crippen LogP contribution in [0.5, 0.6) is 0 Å². The van der Waals surface area contributed by atoms with E-state index in [0.29, 0.717) is 11.6 Å².